The number of aliphatic imine (C=N–C) groups is 1. The first-order valence-corrected chi connectivity index (χ1v) is 11.0. The molecule has 0 bridgehead atoms. The summed E-state index contributed by atoms with van der Waals surface area (Å²) in [7, 11) is 2.22. The van der Waals surface area contributed by atoms with Crippen LogP contribution in [0.25, 0.3) is 0 Å². The largest absolute Gasteiger partial charge is 0.368 e. The van der Waals surface area contributed by atoms with Gasteiger partial charge in [0.25, 0.3) is 0 Å². The van der Waals surface area contributed by atoms with Crippen LogP contribution in [0.1, 0.15) is 19.8 Å². The maximum absolute atomic E-state index is 4.92. The first kappa shape index (κ1) is 20.9. The van der Waals surface area contributed by atoms with Crippen molar-refractivity contribution in [1.29, 1.82) is 0 Å². The minimum absolute atomic E-state index is 0.926. The molecule has 6 heteroatoms. The van der Waals surface area contributed by atoms with Crippen LogP contribution in [0.3, 0.4) is 0 Å². The Morgan fingerprint density at radius 2 is 1.64 bits per heavy atom. The number of para-hydroxylation sites is 1. The van der Waals surface area contributed by atoms with E-state index < -0.39 is 0 Å². The molecule has 1 aromatic rings. The maximum atomic E-state index is 4.92. The Labute approximate surface area is 171 Å². The highest BCUT2D eigenvalue weighted by Gasteiger charge is 2.19. The molecule has 3 rings (SSSR count). The Morgan fingerprint density at radius 1 is 0.929 bits per heavy atom. The van der Waals surface area contributed by atoms with E-state index in [0.717, 1.165) is 45.2 Å². The van der Waals surface area contributed by atoms with E-state index in [1.54, 1.807) is 0 Å². The molecule has 2 heterocycles. The molecule has 0 amide bonds. The van der Waals surface area contributed by atoms with E-state index in [1.807, 2.05) is 0 Å². The SMILES string of the molecule is CCNC(=NCCCCN1CCN(C)CC1)N1CCN(c2ccccc2)CC1. The van der Waals surface area contributed by atoms with E-state index >= 15 is 0 Å². The highest BCUT2D eigenvalue weighted by molar-refractivity contribution is 5.80. The smallest absolute Gasteiger partial charge is 0.194 e. The summed E-state index contributed by atoms with van der Waals surface area (Å²) in [6, 6.07) is 10.7. The fourth-order valence-corrected chi connectivity index (χ4v) is 3.94. The van der Waals surface area contributed by atoms with Gasteiger partial charge in [0.1, 0.15) is 0 Å². The van der Waals surface area contributed by atoms with Crippen LogP contribution in [0.2, 0.25) is 0 Å². The number of piperazine rings is 2. The standard InChI is InChI=1S/C22H38N6/c1-3-23-22(24-11-7-8-12-26-15-13-25(2)14-16-26)28-19-17-27(18-20-28)21-9-5-4-6-10-21/h4-6,9-10H,3,7-8,11-20H2,1-2H3,(H,23,24). The third-order valence-electron chi connectivity index (χ3n) is 5.78. The molecule has 0 aromatic heterocycles. The van der Waals surface area contributed by atoms with E-state index in [1.165, 1.54) is 51.3 Å². The van der Waals surface area contributed by atoms with Gasteiger partial charge >= 0.3 is 0 Å². The molecule has 0 saturated carbocycles. The normalized spacial score (nSPS) is 19.9. The summed E-state index contributed by atoms with van der Waals surface area (Å²) in [6.45, 7) is 14.2. The number of likely N-dealkylation sites (N-methyl/N-ethyl adjacent to an activating group) is 1. The molecule has 0 aliphatic carbocycles. The van der Waals surface area contributed by atoms with Gasteiger partial charge in [-0.2, -0.15) is 0 Å². The molecular formula is C22H38N6. The van der Waals surface area contributed by atoms with E-state index in [9.17, 15) is 0 Å². The Hall–Kier alpha value is -1.79. The van der Waals surface area contributed by atoms with Crippen LogP contribution in [0.15, 0.2) is 35.3 Å². The van der Waals surface area contributed by atoms with Crippen LogP contribution in [0.5, 0.6) is 0 Å². The number of nitrogens with one attached hydrogen (secondary N) is 1. The summed E-state index contributed by atoms with van der Waals surface area (Å²) in [5, 5.41) is 3.49. The summed E-state index contributed by atoms with van der Waals surface area (Å²) in [4.78, 5) is 14.8. The van der Waals surface area contributed by atoms with Gasteiger partial charge in [-0.05, 0) is 45.5 Å². The quantitative estimate of drug-likeness (QED) is 0.439. The molecule has 0 spiro atoms. The van der Waals surface area contributed by atoms with Crippen LogP contribution in [-0.4, -0.2) is 99.7 Å². The first-order valence-electron chi connectivity index (χ1n) is 11.0. The average molecular weight is 387 g/mol. The molecule has 0 atom stereocenters. The van der Waals surface area contributed by atoms with E-state index in [4.69, 9.17) is 4.99 Å². The molecule has 1 N–H and O–H groups in total. The predicted octanol–water partition coefficient (Wildman–Crippen LogP) is 1.80. The van der Waals surface area contributed by atoms with Crippen molar-refractivity contribution in [3.05, 3.63) is 30.3 Å². The molecule has 1 aromatic carbocycles. The maximum Gasteiger partial charge on any atom is 0.194 e. The second kappa shape index (κ2) is 11.3. The Bertz CT molecular complexity index is 574. The number of nitrogens with zero attached hydrogens (tertiary/aromatic N) is 5. The molecule has 2 aliphatic heterocycles. The van der Waals surface area contributed by atoms with Crippen LogP contribution >= 0.6 is 0 Å². The zero-order valence-corrected chi connectivity index (χ0v) is 17.8. The summed E-state index contributed by atoms with van der Waals surface area (Å²) in [5.41, 5.74) is 1.33. The molecule has 6 nitrogen and oxygen atoms in total. The number of anilines is 1. The van der Waals surface area contributed by atoms with Gasteiger partial charge in [0, 0.05) is 71.1 Å². The van der Waals surface area contributed by atoms with Gasteiger partial charge in [-0.3, -0.25) is 4.99 Å². The lowest BCUT2D eigenvalue weighted by molar-refractivity contribution is 0.152. The zero-order chi connectivity index (χ0) is 19.6. The van der Waals surface area contributed by atoms with Gasteiger partial charge in [-0.15, -0.1) is 0 Å². The molecular weight excluding hydrogens is 348 g/mol. The number of guanidine groups is 1. The van der Waals surface area contributed by atoms with Crippen molar-refractivity contribution in [3.8, 4) is 0 Å². The molecule has 156 valence electrons. The number of rotatable bonds is 7. The Balaban J connectivity index is 1.39. The van der Waals surface area contributed by atoms with E-state index in [-0.39, 0.29) is 0 Å². The molecule has 2 fully saturated rings. The topological polar surface area (TPSA) is 37.4 Å². The van der Waals surface area contributed by atoms with Gasteiger partial charge in [0.15, 0.2) is 5.96 Å². The predicted molar refractivity (Wildman–Crippen MR) is 119 cm³/mol. The van der Waals surface area contributed by atoms with E-state index in [2.05, 4.69) is 69.2 Å². The third-order valence-corrected chi connectivity index (χ3v) is 5.78. The number of benzene rings is 1. The molecule has 2 saturated heterocycles. The summed E-state index contributed by atoms with van der Waals surface area (Å²) in [6.07, 6.45) is 2.42. The van der Waals surface area contributed by atoms with Gasteiger partial charge in [0.05, 0.1) is 0 Å². The Morgan fingerprint density at radius 3 is 2.32 bits per heavy atom. The average Bonchev–Trinajstić information content (AvgIpc) is 2.75. The van der Waals surface area contributed by atoms with E-state index in [0.29, 0.717) is 0 Å². The van der Waals surface area contributed by atoms with Crippen LogP contribution in [0.4, 0.5) is 5.69 Å². The minimum atomic E-state index is 0.926. The summed E-state index contributed by atoms with van der Waals surface area (Å²) >= 11 is 0. The first-order chi connectivity index (χ1) is 13.8. The van der Waals surface area contributed by atoms with Gasteiger partial charge in [0.2, 0.25) is 0 Å². The van der Waals surface area contributed by atoms with Gasteiger partial charge < -0.3 is 24.9 Å². The molecule has 0 unspecified atom stereocenters. The second-order valence-corrected chi connectivity index (χ2v) is 7.90. The molecule has 0 radical (unpaired) electrons. The van der Waals surface area contributed by atoms with Crippen molar-refractivity contribution in [2.24, 2.45) is 4.99 Å². The second-order valence-electron chi connectivity index (χ2n) is 7.90. The fourth-order valence-electron chi connectivity index (χ4n) is 3.94. The van der Waals surface area contributed by atoms with Crippen molar-refractivity contribution in [2.75, 3.05) is 83.9 Å². The van der Waals surface area contributed by atoms with Crippen molar-refractivity contribution < 1.29 is 0 Å². The van der Waals surface area contributed by atoms with Crippen molar-refractivity contribution in [3.63, 3.8) is 0 Å². The minimum Gasteiger partial charge on any atom is -0.368 e. The van der Waals surface area contributed by atoms with Crippen molar-refractivity contribution in [1.82, 2.24) is 20.0 Å². The number of hydrogen-bond donors (Lipinski definition) is 1. The zero-order valence-electron chi connectivity index (χ0n) is 17.8. The fraction of sp³-hybridized carbons (Fsp3) is 0.682. The van der Waals surface area contributed by atoms with Gasteiger partial charge in [-0.1, -0.05) is 18.2 Å². The van der Waals surface area contributed by atoms with Crippen molar-refractivity contribution >= 4 is 11.6 Å². The summed E-state index contributed by atoms with van der Waals surface area (Å²) < 4.78 is 0. The van der Waals surface area contributed by atoms with Crippen LogP contribution < -0.4 is 10.2 Å². The monoisotopic (exact) mass is 386 g/mol. The van der Waals surface area contributed by atoms with Crippen LogP contribution in [0, 0.1) is 0 Å². The lowest BCUT2D eigenvalue weighted by Crippen LogP contribution is -2.52. The lowest BCUT2D eigenvalue weighted by Gasteiger charge is -2.37. The Kier molecular flexibility index (Phi) is 8.42. The lowest BCUT2D eigenvalue weighted by atomic mass is 10.2. The van der Waals surface area contributed by atoms with Crippen LogP contribution in [-0.2, 0) is 0 Å². The number of hydrogen-bond acceptors (Lipinski definition) is 4. The van der Waals surface area contributed by atoms with Gasteiger partial charge in [-0.25, -0.2) is 0 Å². The highest BCUT2D eigenvalue weighted by Crippen LogP contribution is 2.15. The summed E-state index contributed by atoms with van der Waals surface area (Å²) in [5.74, 6) is 1.09. The third kappa shape index (κ3) is 6.38. The van der Waals surface area contributed by atoms with Crippen molar-refractivity contribution in [2.45, 2.75) is 19.8 Å². The number of unbranched alkanes of at least 4 members (excludes halogenated alkanes) is 1. The highest BCUT2D eigenvalue weighted by atomic mass is 15.3. The molecule has 2 aliphatic rings. The molecule has 28 heavy (non-hydrogen) atoms.